The monoisotopic (exact) mass is 266 g/mol. The molecule has 4 nitrogen and oxygen atoms in total. The van der Waals surface area contributed by atoms with Gasteiger partial charge in [-0.3, -0.25) is 4.79 Å². The van der Waals surface area contributed by atoms with Crippen molar-refractivity contribution in [3.05, 3.63) is 11.1 Å². The summed E-state index contributed by atoms with van der Waals surface area (Å²) >= 11 is 0. The lowest BCUT2D eigenvalue weighted by molar-refractivity contribution is -0.143. The third-order valence-corrected chi connectivity index (χ3v) is 5.68. The van der Waals surface area contributed by atoms with Crippen molar-refractivity contribution in [2.24, 2.45) is 11.3 Å². The first kappa shape index (κ1) is 13.1. The highest BCUT2D eigenvalue weighted by atomic mass is 16.6. The highest BCUT2D eigenvalue weighted by Crippen LogP contribution is 2.56. The van der Waals surface area contributed by atoms with E-state index in [2.05, 4.69) is 6.92 Å². The molecule has 2 fully saturated rings. The summed E-state index contributed by atoms with van der Waals surface area (Å²) in [4.78, 5) is 11.8. The smallest absolute Gasteiger partial charge is 0.312 e. The van der Waals surface area contributed by atoms with Crippen LogP contribution in [0.3, 0.4) is 0 Å². The van der Waals surface area contributed by atoms with E-state index in [1.165, 1.54) is 0 Å². The summed E-state index contributed by atoms with van der Waals surface area (Å²) < 4.78 is 5.48. The van der Waals surface area contributed by atoms with E-state index >= 15 is 0 Å². The van der Waals surface area contributed by atoms with Gasteiger partial charge >= 0.3 is 5.97 Å². The lowest BCUT2D eigenvalue weighted by Gasteiger charge is -2.50. The van der Waals surface area contributed by atoms with Gasteiger partial charge in [-0.15, -0.1) is 0 Å². The molecular weight excluding hydrogens is 244 g/mol. The molecule has 0 aromatic heterocycles. The Bertz CT molecular complexity index is 469. The number of ether oxygens (including phenoxy) is 1. The molecule has 0 aromatic rings. The van der Waals surface area contributed by atoms with E-state index in [-0.39, 0.29) is 11.4 Å². The average Bonchev–Trinajstić information content (AvgIpc) is 2.59. The first-order valence-electron chi connectivity index (χ1n) is 7.12. The van der Waals surface area contributed by atoms with Gasteiger partial charge in [0.1, 0.15) is 5.60 Å². The number of hydrogen-bond acceptors (Lipinski definition) is 4. The summed E-state index contributed by atoms with van der Waals surface area (Å²) in [6.45, 7) is 5.80. The van der Waals surface area contributed by atoms with Gasteiger partial charge in [0.2, 0.25) is 0 Å². The maximum Gasteiger partial charge on any atom is 0.312 e. The molecule has 1 saturated heterocycles. The van der Waals surface area contributed by atoms with Gasteiger partial charge in [0.15, 0.2) is 6.10 Å². The van der Waals surface area contributed by atoms with Gasteiger partial charge in [-0.25, -0.2) is 0 Å². The van der Waals surface area contributed by atoms with Gasteiger partial charge in [-0.1, -0.05) is 6.92 Å². The van der Waals surface area contributed by atoms with Crippen molar-refractivity contribution in [3.8, 4) is 0 Å². The van der Waals surface area contributed by atoms with E-state index in [4.69, 9.17) is 4.74 Å². The molecule has 0 unspecified atom stereocenters. The number of hydrogen-bond donors (Lipinski definition) is 2. The maximum atomic E-state index is 11.8. The lowest BCUT2D eigenvalue weighted by Crippen LogP contribution is -2.53. The molecule has 0 amide bonds. The van der Waals surface area contributed by atoms with Crippen LogP contribution in [0.25, 0.3) is 0 Å². The number of esters is 1. The van der Waals surface area contributed by atoms with Gasteiger partial charge in [-0.05, 0) is 56.1 Å². The number of rotatable bonds is 0. The second-order valence-corrected chi connectivity index (χ2v) is 6.74. The van der Waals surface area contributed by atoms with Crippen LogP contribution in [0.4, 0.5) is 0 Å². The quantitative estimate of drug-likeness (QED) is 0.515. The Morgan fingerprint density at radius 3 is 2.68 bits per heavy atom. The molecule has 0 spiro atoms. The zero-order valence-corrected chi connectivity index (χ0v) is 11.8. The first-order chi connectivity index (χ1) is 8.79. The Kier molecular flexibility index (Phi) is 2.64. The minimum atomic E-state index is -1.09. The van der Waals surface area contributed by atoms with Crippen LogP contribution in [0.1, 0.15) is 46.5 Å². The van der Waals surface area contributed by atoms with E-state index in [1.807, 2.05) is 6.92 Å². The average molecular weight is 266 g/mol. The predicted molar refractivity (Wildman–Crippen MR) is 69.3 cm³/mol. The van der Waals surface area contributed by atoms with Crippen molar-refractivity contribution in [2.45, 2.75) is 64.3 Å². The molecule has 19 heavy (non-hydrogen) atoms. The predicted octanol–water partition coefficient (Wildman–Crippen LogP) is 1.55. The Morgan fingerprint density at radius 1 is 1.32 bits per heavy atom. The summed E-state index contributed by atoms with van der Waals surface area (Å²) in [7, 11) is 0. The summed E-state index contributed by atoms with van der Waals surface area (Å²) in [6, 6.07) is 0. The van der Waals surface area contributed by atoms with Crippen LogP contribution in [0, 0.1) is 11.3 Å². The van der Waals surface area contributed by atoms with Crippen LogP contribution in [-0.2, 0) is 9.53 Å². The number of aliphatic hydroxyl groups excluding tert-OH is 1. The van der Waals surface area contributed by atoms with E-state index in [0.717, 1.165) is 30.4 Å². The Hall–Kier alpha value is -0.870. The SMILES string of the molecule is CC1=C2[C@@H]3OC(=O)[C@H](C)[C@]3(O)CC[C@@]2(C)CC[C@@H]1O. The number of aliphatic hydroxyl groups is 2. The van der Waals surface area contributed by atoms with Crippen molar-refractivity contribution in [1.82, 2.24) is 0 Å². The van der Waals surface area contributed by atoms with Gasteiger partial charge < -0.3 is 14.9 Å². The molecule has 0 radical (unpaired) electrons. The topological polar surface area (TPSA) is 66.8 Å². The number of carbonyl (C=O) groups is 1. The minimum Gasteiger partial charge on any atom is -0.454 e. The maximum absolute atomic E-state index is 11.8. The van der Waals surface area contributed by atoms with Gasteiger partial charge in [0.05, 0.1) is 12.0 Å². The molecule has 2 N–H and O–H groups in total. The summed E-state index contributed by atoms with van der Waals surface area (Å²) in [6.07, 6.45) is 2.04. The molecule has 1 aliphatic heterocycles. The van der Waals surface area contributed by atoms with E-state index in [0.29, 0.717) is 6.42 Å². The van der Waals surface area contributed by atoms with E-state index in [9.17, 15) is 15.0 Å². The first-order valence-corrected chi connectivity index (χ1v) is 7.12. The fraction of sp³-hybridized carbons (Fsp3) is 0.800. The van der Waals surface area contributed by atoms with Gasteiger partial charge in [-0.2, -0.15) is 0 Å². The second-order valence-electron chi connectivity index (χ2n) is 6.74. The zero-order chi connectivity index (χ0) is 14.0. The van der Waals surface area contributed by atoms with Crippen LogP contribution < -0.4 is 0 Å². The third kappa shape index (κ3) is 1.56. The third-order valence-electron chi connectivity index (χ3n) is 5.68. The molecule has 2 aliphatic carbocycles. The fourth-order valence-corrected chi connectivity index (χ4v) is 4.13. The molecule has 4 heteroatoms. The molecule has 1 heterocycles. The summed E-state index contributed by atoms with van der Waals surface area (Å²) in [5, 5.41) is 20.9. The molecule has 106 valence electrons. The van der Waals surface area contributed by atoms with Crippen LogP contribution in [0.15, 0.2) is 11.1 Å². The van der Waals surface area contributed by atoms with Crippen molar-refractivity contribution >= 4 is 5.97 Å². The normalized spacial score (nSPS) is 49.7. The Balaban J connectivity index is 2.12. The molecule has 3 aliphatic rings. The van der Waals surface area contributed by atoms with Crippen LogP contribution in [0.5, 0.6) is 0 Å². The van der Waals surface area contributed by atoms with Crippen molar-refractivity contribution in [3.63, 3.8) is 0 Å². The standard InChI is InChI=1S/C15H22O4/c1-8-10(16)4-5-14(3)6-7-15(18)9(2)13(17)19-12(15)11(8)14/h9-10,12,16,18H,4-7H2,1-3H3/t9-,10-,12-,14+,15+/m0/s1. The van der Waals surface area contributed by atoms with Crippen molar-refractivity contribution in [2.75, 3.05) is 0 Å². The number of carbonyl (C=O) groups excluding carboxylic acids is 1. The largest absolute Gasteiger partial charge is 0.454 e. The zero-order valence-electron chi connectivity index (χ0n) is 11.8. The number of fused-ring (bicyclic) bond motifs is 3. The van der Waals surface area contributed by atoms with Crippen LogP contribution in [-0.4, -0.2) is 34.0 Å². The van der Waals surface area contributed by atoms with Gasteiger partial charge in [0.25, 0.3) is 0 Å². The van der Waals surface area contributed by atoms with Gasteiger partial charge in [0, 0.05) is 0 Å². The van der Waals surface area contributed by atoms with E-state index < -0.39 is 23.7 Å². The second kappa shape index (κ2) is 3.83. The minimum absolute atomic E-state index is 0.0510. The summed E-state index contributed by atoms with van der Waals surface area (Å²) in [5.74, 6) is -0.807. The molecular formula is C15H22O4. The lowest BCUT2D eigenvalue weighted by atomic mass is 9.57. The highest BCUT2D eigenvalue weighted by Gasteiger charge is 2.62. The van der Waals surface area contributed by atoms with Crippen LogP contribution >= 0.6 is 0 Å². The molecule has 5 atom stereocenters. The fourth-order valence-electron chi connectivity index (χ4n) is 4.13. The highest BCUT2D eigenvalue weighted by molar-refractivity contribution is 5.77. The van der Waals surface area contributed by atoms with E-state index in [1.54, 1.807) is 6.92 Å². The van der Waals surface area contributed by atoms with Crippen molar-refractivity contribution in [1.29, 1.82) is 0 Å². The molecule has 1 saturated carbocycles. The van der Waals surface area contributed by atoms with Crippen LogP contribution in [0.2, 0.25) is 0 Å². The molecule has 0 bridgehead atoms. The summed E-state index contributed by atoms with van der Waals surface area (Å²) in [5.41, 5.74) is 0.714. The van der Waals surface area contributed by atoms with Crippen molar-refractivity contribution < 1.29 is 19.7 Å². The molecule has 3 rings (SSSR count). The Morgan fingerprint density at radius 2 is 2.00 bits per heavy atom. The Labute approximate surface area is 113 Å². The molecule has 0 aromatic carbocycles.